The summed E-state index contributed by atoms with van der Waals surface area (Å²) in [5.74, 6) is 6.29. The summed E-state index contributed by atoms with van der Waals surface area (Å²) < 4.78 is 15.8. The number of nitrogens with zero attached hydrogens (tertiary/aromatic N) is 1. The summed E-state index contributed by atoms with van der Waals surface area (Å²) in [6, 6.07) is 4.88. The van der Waals surface area contributed by atoms with Crippen LogP contribution in [0.3, 0.4) is 0 Å². The molecule has 1 aromatic rings. The molecule has 0 aliphatic carbocycles. The number of hydrogen-bond donors (Lipinski definition) is 1. The minimum Gasteiger partial charge on any atom is -0.497 e. The standard InChI is InChI=1S/C21H31NO5/c1-15(2)12-17(9-11-20(23)27-21(3,4)5)22(24)14-16-8-10-18(25-6)13-19(16)26-7/h8,10,13,15,17,24H,12,14H2,1-7H3. The van der Waals surface area contributed by atoms with E-state index >= 15 is 0 Å². The molecule has 0 spiro atoms. The lowest BCUT2D eigenvalue weighted by atomic mass is 10.0. The lowest BCUT2D eigenvalue weighted by Crippen LogP contribution is -2.32. The minimum atomic E-state index is -0.605. The van der Waals surface area contributed by atoms with Crippen LogP contribution in [0.4, 0.5) is 0 Å². The van der Waals surface area contributed by atoms with Gasteiger partial charge in [-0.3, -0.25) is 0 Å². The lowest BCUT2D eigenvalue weighted by molar-refractivity contribution is -0.147. The Balaban J connectivity index is 2.96. The van der Waals surface area contributed by atoms with Gasteiger partial charge in [0.1, 0.15) is 17.1 Å². The molecule has 1 N–H and O–H groups in total. The van der Waals surface area contributed by atoms with Crippen molar-refractivity contribution in [2.24, 2.45) is 5.92 Å². The number of hydroxylamine groups is 2. The van der Waals surface area contributed by atoms with Crippen LogP contribution in [0, 0.1) is 17.8 Å². The highest BCUT2D eigenvalue weighted by atomic mass is 16.6. The molecule has 1 rings (SSSR count). The molecule has 0 aliphatic heterocycles. The maximum absolute atomic E-state index is 11.9. The van der Waals surface area contributed by atoms with Crippen molar-refractivity contribution in [2.45, 2.75) is 59.2 Å². The average molecular weight is 377 g/mol. The second kappa shape index (κ2) is 10.2. The van der Waals surface area contributed by atoms with Crippen molar-refractivity contribution < 1.29 is 24.2 Å². The first-order valence-electron chi connectivity index (χ1n) is 8.96. The molecule has 0 radical (unpaired) electrons. The molecule has 1 unspecified atom stereocenters. The van der Waals surface area contributed by atoms with Crippen LogP contribution in [0.2, 0.25) is 0 Å². The molecular formula is C21H31NO5. The number of benzene rings is 1. The van der Waals surface area contributed by atoms with Gasteiger partial charge in [0.25, 0.3) is 0 Å². The normalized spacial score (nSPS) is 12.4. The monoisotopic (exact) mass is 377 g/mol. The number of hydrogen-bond acceptors (Lipinski definition) is 6. The van der Waals surface area contributed by atoms with E-state index in [0.717, 1.165) is 10.6 Å². The Labute approximate surface area is 162 Å². The number of esters is 1. The van der Waals surface area contributed by atoms with E-state index in [9.17, 15) is 10.0 Å². The van der Waals surface area contributed by atoms with E-state index in [4.69, 9.17) is 14.2 Å². The predicted molar refractivity (Wildman–Crippen MR) is 104 cm³/mol. The zero-order valence-corrected chi connectivity index (χ0v) is 17.3. The van der Waals surface area contributed by atoms with Gasteiger partial charge in [-0.1, -0.05) is 25.8 Å². The zero-order chi connectivity index (χ0) is 20.6. The first kappa shape index (κ1) is 22.8. The number of rotatable bonds is 7. The third-order valence-corrected chi connectivity index (χ3v) is 3.62. The van der Waals surface area contributed by atoms with E-state index in [1.165, 1.54) is 0 Å². The molecule has 0 saturated heterocycles. The van der Waals surface area contributed by atoms with E-state index in [2.05, 4.69) is 11.8 Å². The quantitative estimate of drug-likeness (QED) is 0.339. The largest absolute Gasteiger partial charge is 0.497 e. The molecule has 0 aliphatic rings. The predicted octanol–water partition coefficient (Wildman–Crippen LogP) is 3.65. The van der Waals surface area contributed by atoms with Crippen molar-refractivity contribution in [1.82, 2.24) is 5.06 Å². The molecule has 0 aromatic heterocycles. The summed E-state index contributed by atoms with van der Waals surface area (Å²) >= 11 is 0. The Hall–Kier alpha value is -2.23. The van der Waals surface area contributed by atoms with Crippen LogP contribution in [0.15, 0.2) is 18.2 Å². The van der Waals surface area contributed by atoms with Crippen LogP contribution in [0.25, 0.3) is 0 Å². The molecule has 0 bridgehead atoms. The molecule has 6 heteroatoms. The maximum atomic E-state index is 11.9. The molecule has 27 heavy (non-hydrogen) atoms. The highest BCUT2D eigenvalue weighted by Crippen LogP contribution is 2.26. The van der Waals surface area contributed by atoms with Gasteiger partial charge in [0.2, 0.25) is 0 Å². The maximum Gasteiger partial charge on any atom is 0.384 e. The van der Waals surface area contributed by atoms with Gasteiger partial charge in [-0.05, 0) is 39.2 Å². The Kier molecular flexibility index (Phi) is 8.61. The van der Waals surface area contributed by atoms with Crippen molar-refractivity contribution in [2.75, 3.05) is 14.2 Å². The average Bonchev–Trinajstić information content (AvgIpc) is 2.56. The first-order valence-corrected chi connectivity index (χ1v) is 8.96. The number of carbonyl (C=O) groups excluding carboxylic acids is 1. The van der Waals surface area contributed by atoms with E-state index in [1.54, 1.807) is 47.1 Å². The summed E-state index contributed by atoms with van der Waals surface area (Å²) in [6.07, 6.45) is 0.602. The highest BCUT2D eigenvalue weighted by molar-refractivity contribution is 5.88. The van der Waals surface area contributed by atoms with Gasteiger partial charge in [0.15, 0.2) is 0 Å². The van der Waals surface area contributed by atoms with Gasteiger partial charge >= 0.3 is 5.97 Å². The molecule has 0 saturated carbocycles. The Morgan fingerprint density at radius 1 is 1.22 bits per heavy atom. The molecule has 1 atom stereocenters. The van der Waals surface area contributed by atoms with Crippen LogP contribution in [0.5, 0.6) is 11.5 Å². The summed E-state index contributed by atoms with van der Waals surface area (Å²) in [5.41, 5.74) is 0.183. The van der Waals surface area contributed by atoms with Gasteiger partial charge in [-0.25, -0.2) is 4.79 Å². The van der Waals surface area contributed by atoms with Crippen molar-refractivity contribution in [3.05, 3.63) is 23.8 Å². The number of methoxy groups -OCH3 is 2. The van der Waals surface area contributed by atoms with Crippen LogP contribution < -0.4 is 9.47 Å². The third kappa shape index (κ3) is 8.33. The summed E-state index contributed by atoms with van der Waals surface area (Å²) in [6.45, 7) is 9.62. The fraction of sp³-hybridized carbons (Fsp3) is 0.571. The fourth-order valence-corrected chi connectivity index (χ4v) is 2.41. The van der Waals surface area contributed by atoms with Crippen molar-refractivity contribution >= 4 is 5.97 Å². The highest BCUT2D eigenvalue weighted by Gasteiger charge is 2.20. The summed E-state index contributed by atoms with van der Waals surface area (Å²) in [7, 11) is 3.14. The van der Waals surface area contributed by atoms with Crippen LogP contribution in [-0.2, 0) is 16.1 Å². The summed E-state index contributed by atoms with van der Waals surface area (Å²) in [5, 5.41) is 11.7. The second-order valence-corrected chi connectivity index (χ2v) is 7.69. The third-order valence-electron chi connectivity index (χ3n) is 3.62. The molecular weight excluding hydrogens is 346 g/mol. The van der Waals surface area contributed by atoms with Crippen molar-refractivity contribution in [3.63, 3.8) is 0 Å². The number of ether oxygens (including phenoxy) is 3. The van der Waals surface area contributed by atoms with Crippen LogP contribution in [0.1, 0.15) is 46.6 Å². The fourth-order valence-electron chi connectivity index (χ4n) is 2.41. The molecule has 1 aromatic carbocycles. The lowest BCUT2D eigenvalue weighted by Gasteiger charge is -2.24. The smallest absolute Gasteiger partial charge is 0.384 e. The van der Waals surface area contributed by atoms with Crippen LogP contribution in [-0.4, -0.2) is 42.1 Å². The topological polar surface area (TPSA) is 68.2 Å². The van der Waals surface area contributed by atoms with Gasteiger partial charge in [-0.15, -0.1) is 0 Å². The molecule has 6 nitrogen and oxygen atoms in total. The van der Waals surface area contributed by atoms with Gasteiger partial charge in [0.05, 0.1) is 26.8 Å². The van der Waals surface area contributed by atoms with E-state index in [0.29, 0.717) is 17.9 Å². The van der Waals surface area contributed by atoms with Crippen LogP contribution >= 0.6 is 0 Å². The second-order valence-electron chi connectivity index (χ2n) is 7.69. The van der Waals surface area contributed by atoms with Gasteiger partial charge in [-0.2, -0.15) is 5.06 Å². The zero-order valence-electron chi connectivity index (χ0n) is 17.3. The Morgan fingerprint density at radius 3 is 2.41 bits per heavy atom. The number of carbonyl (C=O) groups is 1. The van der Waals surface area contributed by atoms with Crippen molar-refractivity contribution in [1.29, 1.82) is 0 Å². The summed E-state index contributed by atoms with van der Waals surface area (Å²) in [4.78, 5) is 11.9. The first-order chi connectivity index (χ1) is 12.6. The van der Waals surface area contributed by atoms with E-state index in [1.807, 2.05) is 19.9 Å². The Bertz CT molecular complexity index is 682. The van der Waals surface area contributed by atoms with Crippen molar-refractivity contribution in [3.8, 4) is 23.3 Å². The van der Waals surface area contributed by atoms with Gasteiger partial charge < -0.3 is 19.4 Å². The molecule has 150 valence electrons. The van der Waals surface area contributed by atoms with Gasteiger partial charge in [0, 0.05) is 17.6 Å². The minimum absolute atomic E-state index is 0.202. The van der Waals surface area contributed by atoms with E-state index in [-0.39, 0.29) is 12.5 Å². The molecule has 0 amide bonds. The molecule has 0 heterocycles. The Morgan fingerprint density at radius 2 is 1.89 bits per heavy atom. The van der Waals surface area contributed by atoms with E-state index < -0.39 is 17.6 Å². The molecule has 0 fully saturated rings. The SMILES string of the molecule is COc1ccc(CN(O)C(C#CC(=O)OC(C)(C)C)CC(C)C)c(OC)c1.